The number of nitrogens with zero attached hydrogens (tertiary/aromatic N) is 2. The summed E-state index contributed by atoms with van der Waals surface area (Å²) in [6.07, 6.45) is 2.75. The van der Waals surface area contributed by atoms with Crippen molar-refractivity contribution in [1.29, 1.82) is 0 Å². The molecule has 2 amide bonds. The fraction of sp³-hybridized carbons (Fsp3) is 0.412. The van der Waals surface area contributed by atoms with E-state index in [2.05, 4.69) is 5.32 Å². The molecule has 0 bridgehead atoms. The smallest absolute Gasteiger partial charge is 0.243 e. The van der Waals surface area contributed by atoms with Crippen LogP contribution in [0.15, 0.2) is 72.8 Å². The molecule has 0 aliphatic heterocycles. The van der Waals surface area contributed by atoms with E-state index in [0.29, 0.717) is 18.5 Å². The zero-order chi connectivity index (χ0) is 30.9. The van der Waals surface area contributed by atoms with Gasteiger partial charge in [0.15, 0.2) is 0 Å². The van der Waals surface area contributed by atoms with Gasteiger partial charge in [-0.3, -0.25) is 13.9 Å². The summed E-state index contributed by atoms with van der Waals surface area (Å²) < 4.78 is 27.0. The molecular weight excluding hydrogens is 546 g/mol. The van der Waals surface area contributed by atoms with E-state index in [4.69, 9.17) is 0 Å². The molecule has 3 rings (SSSR count). The number of rotatable bonds is 14. The van der Waals surface area contributed by atoms with Crippen LogP contribution in [0.25, 0.3) is 0 Å². The van der Waals surface area contributed by atoms with Gasteiger partial charge in [0, 0.05) is 32.0 Å². The quantitative estimate of drug-likeness (QED) is 0.260. The average Bonchev–Trinajstić information content (AvgIpc) is 2.94. The summed E-state index contributed by atoms with van der Waals surface area (Å²) in [7, 11) is -3.57. The zero-order valence-corrected chi connectivity index (χ0v) is 26.6. The van der Waals surface area contributed by atoms with Gasteiger partial charge in [0.1, 0.15) is 6.04 Å². The van der Waals surface area contributed by atoms with Gasteiger partial charge < -0.3 is 10.2 Å². The Morgan fingerprint density at radius 2 is 1.57 bits per heavy atom. The van der Waals surface area contributed by atoms with Crippen molar-refractivity contribution in [3.63, 3.8) is 0 Å². The average molecular weight is 592 g/mol. The number of hydrogen-bond donors (Lipinski definition) is 1. The standard InChI is InChI=1S/C34H45N3O4S/c1-7-27(4)35-34(39)32(23-29-16-9-8-10-17-29)36(24-30-18-11-14-25(2)22-30)33(38)20-13-21-37(42(6,40)41)31-19-12-15-26(3)28(31)5/h8-12,14-19,22,27,32H,7,13,20-21,23-24H2,1-6H3,(H,35,39)/t27-,32+/m1/s1. The van der Waals surface area contributed by atoms with Gasteiger partial charge in [-0.1, -0.05) is 79.2 Å². The topological polar surface area (TPSA) is 86.8 Å². The minimum atomic E-state index is -3.57. The van der Waals surface area contributed by atoms with Gasteiger partial charge in [-0.25, -0.2) is 8.42 Å². The summed E-state index contributed by atoms with van der Waals surface area (Å²) in [5, 5.41) is 3.09. The summed E-state index contributed by atoms with van der Waals surface area (Å²) in [5.74, 6) is -0.381. The van der Waals surface area contributed by atoms with Gasteiger partial charge >= 0.3 is 0 Å². The maximum Gasteiger partial charge on any atom is 0.243 e. The van der Waals surface area contributed by atoms with Crippen LogP contribution in [0.2, 0.25) is 0 Å². The molecular formula is C34H45N3O4S. The Morgan fingerprint density at radius 3 is 2.21 bits per heavy atom. The predicted octanol–water partition coefficient (Wildman–Crippen LogP) is 5.71. The van der Waals surface area contributed by atoms with E-state index in [1.54, 1.807) is 11.0 Å². The Bertz CT molecular complexity index is 1460. The van der Waals surface area contributed by atoms with E-state index >= 15 is 0 Å². The normalized spacial score (nSPS) is 12.8. The van der Waals surface area contributed by atoms with Gasteiger partial charge in [-0.2, -0.15) is 0 Å². The van der Waals surface area contributed by atoms with Crippen LogP contribution in [-0.2, 0) is 32.6 Å². The first-order chi connectivity index (χ1) is 19.9. The molecule has 226 valence electrons. The highest BCUT2D eigenvalue weighted by atomic mass is 32.2. The minimum absolute atomic E-state index is 0.0346. The molecule has 0 aromatic heterocycles. The Labute approximate surface area is 252 Å². The van der Waals surface area contributed by atoms with E-state index in [-0.39, 0.29) is 37.4 Å². The van der Waals surface area contributed by atoms with Crippen LogP contribution in [0.4, 0.5) is 5.69 Å². The number of carbonyl (C=O) groups is 2. The molecule has 7 nitrogen and oxygen atoms in total. The highest BCUT2D eigenvalue weighted by Gasteiger charge is 2.31. The molecule has 0 unspecified atom stereocenters. The predicted molar refractivity (Wildman–Crippen MR) is 171 cm³/mol. The second-order valence-corrected chi connectivity index (χ2v) is 13.1. The Morgan fingerprint density at radius 1 is 0.905 bits per heavy atom. The fourth-order valence-corrected chi connectivity index (χ4v) is 6.01. The summed E-state index contributed by atoms with van der Waals surface area (Å²) in [5.41, 5.74) is 5.47. The van der Waals surface area contributed by atoms with Crippen molar-refractivity contribution >= 4 is 27.5 Å². The molecule has 0 aliphatic carbocycles. The van der Waals surface area contributed by atoms with E-state index in [9.17, 15) is 18.0 Å². The molecule has 0 radical (unpaired) electrons. The van der Waals surface area contributed by atoms with Crippen LogP contribution in [0.3, 0.4) is 0 Å². The summed E-state index contributed by atoms with van der Waals surface area (Å²) >= 11 is 0. The Balaban J connectivity index is 1.91. The van der Waals surface area contributed by atoms with Gasteiger partial charge in [0.05, 0.1) is 11.9 Å². The van der Waals surface area contributed by atoms with E-state index < -0.39 is 16.1 Å². The molecule has 1 N–H and O–H groups in total. The third kappa shape index (κ3) is 9.18. The molecule has 0 heterocycles. The molecule has 0 saturated heterocycles. The largest absolute Gasteiger partial charge is 0.352 e. The van der Waals surface area contributed by atoms with Gasteiger partial charge in [-0.05, 0) is 68.9 Å². The van der Waals surface area contributed by atoms with Crippen molar-refractivity contribution in [2.45, 2.75) is 78.9 Å². The number of sulfonamides is 1. The molecule has 0 spiro atoms. The van der Waals surface area contributed by atoms with Crippen LogP contribution < -0.4 is 9.62 Å². The van der Waals surface area contributed by atoms with Crippen molar-refractivity contribution in [2.75, 3.05) is 17.1 Å². The molecule has 2 atom stereocenters. The number of carbonyl (C=O) groups excluding carboxylic acids is 2. The van der Waals surface area contributed by atoms with Gasteiger partial charge in [0.2, 0.25) is 21.8 Å². The summed E-state index contributed by atoms with van der Waals surface area (Å²) in [4.78, 5) is 29.4. The van der Waals surface area contributed by atoms with Crippen molar-refractivity contribution in [3.8, 4) is 0 Å². The number of benzene rings is 3. The maximum absolute atomic E-state index is 14.0. The van der Waals surface area contributed by atoms with Gasteiger partial charge in [-0.15, -0.1) is 0 Å². The van der Waals surface area contributed by atoms with E-state index in [0.717, 1.165) is 34.2 Å². The lowest BCUT2D eigenvalue weighted by Crippen LogP contribution is -2.52. The van der Waals surface area contributed by atoms with Gasteiger partial charge in [0.25, 0.3) is 0 Å². The number of aryl methyl sites for hydroxylation is 2. The van der Waals surface area contributed by atoms with Crippen LogP contribution in [0.1, 0.15) is 60.9 Å². The lowest BCUT2D eigenvalue weighted by atomic mass is 10.0. The molecule has 3 aromatic carbocycles. The van der Waals surface area contributed by atoms with Crippen molar-refractivity contribution in [3.05, 3.63) is 101 Å². The lowest BCUT2D eigenvalue weighted by molar-refractivity contribution is -0.141. The molecule has 0 aliphatic rings. The molecule has 3 aromatic rings. The number of anilines is 1. The van der Waals surface area contributed by atoms with E-state index in [1.807, 2.05) is 101 Å². The second kappa shape index (κ2) is 15.0. The first kappa shape index (κ1) is 32.9. The summed E-state index contributed by atoms with van der Waals surface area (Å²) in [6.45, 7) is 10.3. The minimum Gasteiger partial charge on any atom is -0.352 e. The third-order valence-electron chi connectivity index (χ3n) is 7.70. The Hall–Kier alpha value is -3.65. The van der Waals surface area contributed by atoms with E-state index in [1.165, 1.54) is 10.6 Å². The van der Waals surface area contributed by atoms with Crippen molar-refractivity contribution in [2.24, 2.45) is 0 Å². The molecule has 42 heavy (non-hydrogen) atoms. The third-order valence-corrected chi connectivity index (χ3v) is 8.88. The molecule has 8 heteroatoms. The number of amides is 2. The van der Waals surface area contributed by atoms with Crippen molar-refractivity contribution in [1.82, 2.24) is 10.2 Å². The summed E-state index contributed by atoms with van der Waals surface area (Å²) in [6, 6.07) is 22.5. The fourth-order valence-electron chi connectivity index (χ4n) is 4.99. The second-order valence-electron chi connectivity index (χ2n) is 11.2. The first-order valence-electron chi connectivity index (χ1n) is 14.6. The van der Waals surface area contributed by atoms with Crippen LogP contribution >= 0.6 is 0 Å². The zero-order valence-electron chi connectivity index (χ0n) is 25.8. The lowest BCUT2D eigenvalue weighted by Gasteiger charge is -2.33. The molecule has 0 fully saturated rings. The molecule has 0 saturated carbocycles. The van der Waals surface area contributed by atoms with Crippen LogP contribution in [0.5, 0.6) is 0 Å². The Kier molecular flexibility index (Phi) is 11.7. The highest BCUT2D eigenvalue weighted by Crippen LogP contribution is 2.26. The monoisotopic (exact) mass is 591 g/mol. The van der Waals surface area contributed by atoms with Crippen molar-refractivity contribution < 1.29 is 18.0 Å². The number of hydrogen-bond acceptors (Lipinski definition) is 4. The highest BCUT2D eigenvalue weighted by molar-refractivity contribution is 7.92. The SMILES string of the molecule is CC[C@@H](C)NC(=O)[C@H](Cc1ccccc1)N(Cc1cccc(C)c1)C(=O)CCCN(c1cccc(C)c1C)S(C)(=O)=O. The number of nitrogens with one attached hydrogen (secondary N) is 1. The van der Waals surface area contributed by atoms with Crippen LogP contribution in [0, 0.1) is 20.8 Å². The van der Waals surface area contributed by atoms with Crippen LogP contribution in [-0.4, -0.2) is 50.0 Å². The maximum atomic E-state index is 14.0. The first-order valence-corrected chi connectivity index (χ1v) is 16.5.